The lowest BCUT2D eigenvalue weighted by Gasteiger charge is -2.13. The van der Waals surface area contributed by atoms with Crippen LogP contribution in [0.5, 0.6) is 0 Å². The Morgan fingerprint density at radius 2 is 1.73 bits per heavy atom. The van der Waals surface area contributed by atoms with Crippen LogP contribution in [0, 0.1) is 12.7 Å². The van der Waals surface area contributed by atoms with Gasteiger partial charge < -0.3 is 5.32 Å². The number of nitrogens with zero attached hydrogens (tertiary/aromatic N) is 3. The van der Waals surface area contributed by atoms with Crippen molar-refractivity contribution in [2.45, 2.75) is 13.5 Å². The number of halogens is 2. The van der Waals surface area contributed by atoms with E-state index in [1.165, 1.54) is 24.3 Å². The Morgan fingerprint density at radius 3 is 2.39 bits per heavy atom. The van der Waals surface area contributed by atoms with Gasteiger partial charge in [0.05, 0.1) is 12.2 Å². The third-order valence-corrected chi connectivity index (χ3v) is 5.12. The third kappa shape index (κ3) is 4.91. The summed E-state index contributed by atoms with van der Waals surface area (Å²) in [4.78, 5) is 39.2. The van der Waals surface area contributed by atoms with Gasteiger partial charge >= 0.3 is 5.69 Å². The normalized spacial score (nSPS) is 10.8. The highest BCUT2D eigenvalue weighted by Gasteiger charge is 2.21. The SMILES string of the molecule is Cc1ccc(-n2nc(C(=O)Nc3ccc(F)cc3)c(=O)n(Cc3cccc(Cl)c3)c2=O)cc1. The van der Waals surface area contributed by atoms with Gasteiger partial charge in [0, 0.05) is 10.7 Å². The second-order valence-corrected chi connectivity index (χ2v) is 7.80. The number of nitrogens with one attached hydrogen (secondary N) is 1. The van der Waals surface area contributed by atoms with Gasteiger partial charge in [0.15, 0.2) is 0 Å². The summed E-state index contributed by atoms with van der Waals surface area (Å²) in [5, 5.41) is 7.03. The highest BCUT2D eigenvalue weighted by atomic mass is 35.5. The molecule has 0 spiro atoms. The van der Waals surface area contributed by atoms with E-state index in [9.17, 15) is 18.8 Å². The first kappa shape index (κ1) is 22.2. The van der Waals surface area contributed by atoms with Crippen LogP contribution in [0.15, 0.2) is 82.4 Å². The molecule has 0 fully saturated rings. The predicted octanol–water partition coefficient (Wildman–Crippen LogP) is 3.80. The molecule has 0 aliphatic carbocycles. The lowest BCUT2D eigenvalue weighted by Crippen LogP contribution is -2.45. The first-order chi connectivity index (χ1) is 15.8. The molecule has 0 unspecified atom stereocenters. The summed E-state index contributed by atoms with van der Waals surface area (Å²) in [5.41, 5.74) is 0.187. The van der Waals surface area contributed by atoms with Crippen LogP contribution in [0.2, 0.25) is 5.02 Å². The number of hydrogen-bond donors (Lipinski definition) is 1. The number of amides is 1. The highest BCUT2D eigenvalue weighted by molar-refractivity contribution is 6.30. The summed E-state index contributed by atoms with van der Waals surface area (Å²) >= 11 is 6.04. The highest BCUT2D eigenvalue weighted by Crippen LogP contribution is 2.12. The summed E-state index contributed by atoms with van der Waals surface area (Å²) in [6.45, 7) is 1.78. The van der Waals surface area contributed by atoms with Gasteiger partial charge in [-0.3, -0.25) is 14.2 Å². The molecular formula is C24H18ClFN4O3. The monoisotopic (exact) mass is 464 g/mol. The third-order valence-electron chi connectivity index (χ3n) is 4.89. The molecule has 166 valence electrons. The van der Waals surface area contributed by atoms with E-state index in [4.69, 9.17) is 11.6 Å². The van der Waals surface area contributed by atoms with Gasteiger partial charge in [0.1, 0.15) is 5.82 Å². The van der Waals surface area contributed by atoms with Crippen molar-refractivity contribution in [3.05, 3.63) is 121 Å². The molecule has 1 heterocycles. The minimum Gasteiger partial charge on any atom is -0.320 e. The molecule has 0 radical (unpaired) electrons. The largest absolute Gasteiger partial charge is 0.352 e. The zero-order valence-electron chi connectivity index (χ0n) is 17.5. The summed E-state index contributed by atoms with van der Waals surface area (Å²) in [7, 11) is 0. The minimum absolute atomic E-state index is 0.108. The summed E-state index contributed by atoms with van der Waals surface area (Å²) in [6, 6.07) is 18.7. The maximum Gasteiger partial charge on any atom is 0.352 e. The Bertz CT molecular complexity index is 1440. The molecule has 4 rings (SSSR count). The first-order valence-electron chi connectivity index (χ1n) is 9.94. The molecule has 33 heavy (non-hydrogen) atoms. The van der Waals surface area contributed by atoms with E-state index in [-0.39, 0.29) is 12.2 Å². The molecule has 0 saturated carbocycles. The first-order valence-corrected chi connectivity index (χ1v) is 10.3. The van der Waals surface area contributed by atoms with Crippen LogP contribution < -0.4 is 16.6 Å². The topological polar surface area (TPSA) is 86.0 Å². The molecule has 0 aliphatic rings. The van der Waals surface area contributed by atoms with Crippen molar-refractivity contribution in [1.82, 2.24) is 14.3 Å². The number of hydrogen-bond acceptors (Lipinski definition) is 4. The molecule has 7 nitrogen and oxygen atoms in total. The van der Waals surface area contributed by atoms with Crippen molar-refractivity contribution in [2.24, 2.45) is 0 Å². The molecule has 3 aromatic carbocycles. The van der Waals surface area contributed by atoms with E-state index in [1.807, 2.05) is 6.92 Å². The van der Waals surface area contributed by atoms with Gasteiger partial charge in [-0.05, 0) is 61.0 Å². The summed E-state index contributed by atoms with van der Waals surface area (Å²) < 4.78 is 15.1. The second-order valence-electron chi connectivity index (χ2n) is 7.36. The zero-order chi connectivity index (χ0) is 23.5. The molecule has 0 bridgehead atoms. The predicted molar refractivity (Wildman–Crippen MR) is 124 cm³/mol. The Hall–Kier alpha value is -4.04. The number of aryl methyl sites for hydroxylation is 1. The number of rotatable bonds is 5. The van der Waals surface area contributed by atoms with E-state index in [2.05, 4.69) is 10.4 Å². The van der Waals surface area contributed by atoms with E-state index in [0.29, 0.717) is 16.3 Å². The van der Waals surface area contributed by atoms with E-state index >= 15 is 0 Å². The van der Waals surface area contributed by atoms with Crippen LogP contribution in [-0.4, -0.2) is 20.3 Å². The van der Waals surface area contributed by atoms with Crippen LogP contribution in [0.4, 0.5) is 10.1 Å². The molecule has 1 aromatic heterocycles. The van der Waals surface area contributed by atoms with Crippen LogP contribution in [0.3, 0.4) is 0 Å². The lowest BCUT2D eigenvalue weighted by atomic mass is 10.2. The number of anilines is 1. The van der Waals surface area contributed by atoms with Gasteiger partial charge in [-0.15, -0.1) is 0 Å². The van der Waals surface area contributed by atoms with Crippen molar-refractivity contribution < 1.29 is 9.18 Å². The van der Waals surface area contributed by atoms with Crippen molar-refractivity contribution in [1.29, 1.82) is 0 Å². The van der Waals surface area contributed by atoms with Gasteiger partial charge in [-0.1, -0.05) is 41.4 Å². The van der Waals surface area contributed by atoms with E-state index < -0.39 is 28.7 Å². The average molecular weight is 465 g/mol. The lowest BCUT2D eigenvalue weighted by molar-refractivity contribution is 0.101. The minimum atomic E-state index is -0.858. The maximum absolute atomic E-state index is 13.2. The number of carbonyl (C=O) groups excluding carboxylic acids is 1. The number of carbonyl (C=O) groups is 1. The Labute approximate surface area is 192 Å². The summed E-state index contributed by atoms with van der Waals surface area (Å²) in [5.74, 6) is -1.30. The van der Waals surface area contributed by atoms with Crippen LogP contribution in [-0.2, 0) is 6.54 Å². The smallest absolute Gasteiger partial charge is 0.320 e. The van der Waals surface area contributed by atoms with Crippen molar-refractivity contribution >= 4 is 23.2 Å². The molecule has 0 atom stereocenters. The van der Waals surface area contributed by atoms with E-state index in [1.54, 1.807) is 48.5 Å². The molecule has 1 amide bonds. The quantitative estimate of drug-likeness (QED) is 0.487. The maximum atomic E-state index is 13.2. The van der Waals surface area contributed by atoms with Gasteiger partial charge in [0.2, 0.25) is 5.69 Å². The van der Waals surface area contributed by atoms with Crippen molar-refractivity contribution in [3.63, 3.8) is 0 Å². The fourth-order valence-electron chi connectivity index (χ4n) is 3.19. The fraction of sp³-hybridized carbons (Fsp3) is 0.0833. The Morgan fingerprint density at radius 1 is 1.03 bits per heavy atom. The van der Waals surface area contributed by atoms with Gasteiger partial charge in [0.25, 0.3) is 11.5 Å². The number of aromatic nitrogens is 3. The molecule has 0 aliphatic heterocycles. The van der Waals surface area contributed by atoms with Crippen molar-refractivity contribution in [3.8, 4) is 5.69 Å². The van der Waals surface area contributed by atoms with Gasteiger partial charge in [-0.2, -0.15) is 9.78 Å². The Kier molecular flexibility index (Phi) is 6.19. The van der Waals surface area contributed by atoms with Gasteiger partial charge in [-0.25, -0.2) is 9.18 Å². The summed E-state index contributed by atoms with van der Waals surface area (Å²) in [6.07, 6.45) is 0. The van der Waals surface area contributed by atoms with E-state index in [0.717, 1.165) is 14.8 Å². The fourth-order valence-corrected chi connectivity index (χ4v) is 3.40. The van der Waals surface area contributed by atoms with Crippen molar-refractivity contribution in [2.75, 3.05) is 5.32 Å². The second kappa shape index (κ2) is 9.22. The number of benzene rings is 3. The van der Waals surface area contributed by atoms with Crippen LogP contribution in [0.1, 0.15) is 21.6 Å². The molecule has 0 saturated heterocycles. The molecule has 4 aromatic rings. The zero-order valence-corrected chi connectivity index (χ0v) is 18.2. The standard InChI is InChI=1S/C24H18ClFN4O3/c1-15-5-11-20(12-6-15)30-24(33)29(14-16-3-2-4-17(25)13-16)23(32)21(28-30)22(31)27-19-9-7-18(26)8-10-19/h2-13H,14H2,1H3,(H,27,31). The molecule has 1 N–H and O–H groups in total. The van der Waals surface area contributed by atoms with Crippen LogP contribution >= 0.6 is 11.6 Å². The Balaban J connectivity index is 1.84. The van der Waals surface area contributed by atoms with Crippen LogP contribution in [0.25, 0.3) is 5.69 Å². The molecular weight excluding hydrogens is 447 g/mol. The average Bonchev–Trinajstić information content (AvgIpc) is 2.79. The molecule has 9 heteroatoms.